The van der Waals surface area contributed by atoms with E-state index in [0.717, 1.165) is 10.0 Å². The van der Waals surface area contributed by atoms with Crippen molar-refractivity contribution in [2.75, 3.05) is 6.61 Å². The minimum atomic E-state index is -0.311. The number of halogens is 2. The summed E-state index contributed by atoms with van der Waals surface area (Å²) in [6, 6.07) is 5.41. The first-order valence-corrected chi connectivity index (χ1v) is 6.02. The molecular formula is C12H12BrClO2. The van der Waals surface area contributed by atoms with Crippen molar-refractivity contribution in [3.05, 3.63) is 38.8 Å². The van der Waals surface area contributed by atoms with Gasteiger partial charge >= 0.3 is 5.97 Å². The average molecular weight is 304 g/mol. The van der Waals surface area contributed by atoms with Gasteiger partial charge in [0.15, 0.2) is 0 Å². The summed E-state index contributed by atoms with van der Waals surface area (Å²) >= 11 is 9.27. The van der Waals surface area contributed by atoms with Crippen LogP contribution >= 0.6 is 27.5 Å². The molecule has 0 aliphatic rings. The summed E-state index contributed by atoms with van der Waals surface area (Å²) in [6.07, 6.45) is 1.74. The second-order valence-electron chi connectivity index (χ2n) is 3.21. The molecule has 1 aromatic carbocycles. The van der Waals surface area contributed by atoms with Crippen LogP contribution in [0.4, 0.5) is 0 Å². The Hall–Kier alpha value is -0.800. The van der Waals surface area contributed by atoms with Crippen molar-refractivity contribution >= 4 is 39.6 Å². The maximum Gasteiger partial charge on any atom is 0.333 e. The van der Waals surface area contributed by atoms with Gasteiger partial charge in [-0.15, -0.1) is 0 Å². The first kappa shape index (κ1) is 13.3. The van der Waals surface area contributed by atoms with Gasteiger partial charge in [0.25, 0.3) is 0 Å². The lowest BCUT2D eigenvalue weighted by atomic mass is 10.1. The molecule has 0 atom stereocenters. The van der Waals surface area contributed by atoms with E-state index in [9.17, 15) is 4.79 Å². The number of rotatable bonds is 3. The highest BCUT2D eigenvalue weighted by molar-refractivity contribution is 9.10. The Bertz CT molecular complexity index is 427. The van der Waals surface area contributed by atoms with Crippen LogP contribution in [-0.2, 0) is 9.53 Å². The normalized spacial score (nSPS) is 11.4. The molecule has 2 nitrogen and oxygen atoms in total. The molecule has 0 saturated heterocycles. The molecule has 0 amide bonds. The molecule has 0 unspecified atom stereocenters. The van der Waals surface area contributed by atoms with E-state index < -0.39 is 0 Å². The van der Waals surface area contributed by atoms with Crippen LogP contribution in [0.5, 0.6) is 0 Å². The number of carbonyl (C=O) groups excluding carboxylic acids is 1. The third-order valence-electron chi connectivity index (χ3n) is 1.93. The molecule has 0 fully saturated rings. The number of esters is 1. The first-order valence-electron chi connectivity index (χ1n) is 4.85. The topological polar surface area (TPSA) is 26.3 Å². The smallest absolute Gasteiger partial charge is 0.333 e. The highest BCUT2D eigenvalue weighted by Crippen LogP contribution is 2.23. The molecule has 4 heteroatoms. The monoisotopic (exact) mass is 302 g/mol. The highest BCUT2D eigenvalue weighted by atomic mass is 79.9. The van der Waals surface area contributed by atoms with Crippen molar-refractivity contribution in [1.82, 2.24) is 0 Å². The van der Waals surface area contributed by atoms with Crippen molar-refractivity contribution in [3.8, 4) is 0 Å². The molecule has 0 N–H and O–H groups in total. The van der Waals surface area contributed by atoms with Gasteiger partial charge in [0, 0.05) is 15.1 Å². The van der Waals surface area contributed by atoms with Crippen LogP contribution in [0.3, 0.4) is 0 Å². The van der Waals surface area contributed by atoms with Crippen molar-refractivity contribution < 1.29 is 9.53 Å². The molecular weight excluding hydrogens is 291 g/mol. The minimum absolute atomic E-state index is 0.311. The summed E-state index contributed by atoms with van der Waals surface area (Å²) in [5.41, 5.74) is 1.41. The molecule has 0 radical (unpaired) electrons. The SMILES string of the molecule is CCOC(=O)/C(C)=C/c1cc(Cl)ccc1Br. The van der Waals surface area contributed by atoms with Crippen LogP contribution in [0.2, 0.25) is 5.02 Å². The quantitative estimate of drug-likeness (QED) is 0.621. The largest absolute Gasteiger partial charge is 0.463 e. The fraction of sp³-hybridized carbons (Fsp3) is 0.250. The van der Waals surface area contributed by atoms with E-state index in [1.807, 2.05) is 6.07 Å². The van der Waals surface area contributed by atoms with E-state index in [-0.39, 0.29) is 5.97 Å². The fourth-order valence-corrected chi connectivity index (χ4v) is 1.70. The lowest BCUT2D eigenvalue weighted by molar-refractivity contribution is -0.138. The van der Waals surface area contributed by atoms with Gasteiger partial charge < -0.3 is 4.74 Å². The Labute approximate surface area is 108 Å². The molecule has 0 bridgehead atoms. The zero-order chi connectivity index (χ0) is 12.1. The summed E-state index contributed by atoms with van der Waals surface area (Å²) in [5.74, 6) is -0.311. The van der Waals surface area contributed by atoms with E-state index >= 15 is 0 Å². The van der Waals surface area contributed by atoms with Crippen molar-refractivity contribution in [3.63, 3.8) is 0 Å². The molecule has 0 saturated carbocycles. The standard InChI is InChI=1S/C12H12BrClO2/c1-3-16-12(15)8(2)6-9-7-10(14)4-5-11(9)13/h4-7H,3H2,1-2H3/b8-6+. The van der Waals surface area contributed by atoms with Crippen LogP contribution in [0.1, 0.15) is 19.4 Å². The van der Waals surface area contributed by atoms with Gasteiger partial charge in [0.05, 0.1) is 6.61 Å². The lowest BCUT2D eigenvalue weighted by Gasteiger charge is -2.03. The van der Waals surface area contributed by atoms with E-state index in [4.69, 9.17) is 16.3 Å². The second-order valence-corrected chi connectivity index (χ2v) is 4.50. The van der Waals surface area contributed by atoms with Gasteiger partial charge in [-0.25, -0.2) is 4.79 Å². The maximum atomic E-state index is 11.4. The summed E-state index contributed by atoms with van der Waals surface area (Å²) in [7, 11) is 0. The zero-order valence-electron chi connectivity index (χ0n) is 9.09. The first-order chi connectivity index (χ1) is 7.54. The molecule has 16 heavy (non-hydrogen) atoms. The number of benzene rings is 1. The molecule has 1 aromatic rings. The Kier molecular flexibility index (Phi) is 5.03. The number of hydrogen-bond acceptors (Lipinski definition) is 2. The zero-order valence-corrected chi connectivity index (χ0v) is 11.4. The third kappa shape index (κ3) is 3.65. The molecule has 1 rings (SSSR count). The van der Waals surface area contributed by atoms with Gasteiger partial charge in [-0.2, -0.15) is 0 Å². The van der Waals surface area contributed by atoms with E-state index in [1.165, 1.54) is 0 Å². The summed E-state index contributed by atoms with van der Waals surface area (Å²) in [6.45, 7) is 3.87. The van der Waals surface area contributed by atoms with E-state index in [1.54, 1.807) is 32.1 Å². The van der Waals surface area contributed by atoms with E-state index in [0.29, 0.717) is 17.2 Å². The molecule has 0 aliphatic carbocycles. The molecule has 0 aliphatic heterocycles. The summed E-state index contributed by atoms with van der Waals surface area (Å²) in [5, 5.41) is 0.631. The maximum absolute atomic E-state index is 11.4. The molecule has 0 heterocycles. The average Bonchev–Trinajstić information content (AvgIpc) is 2.23. The number of carbonyl (C=O) groups is 1. The molecule has 0 spiro atoms. The van der Waals surface area contributed by atoms with Gasteiger partial charge in [-0.1, -0.05) is 27.5 Å². The van der Waals surface area contributed by atoms with Crippen LogP contribution in [0.15, 0.2) is 28.2 Å². The van der Waals surface area contributed by atoms with Crippen LogP contribution in [0, 0.1) is 0 Å². The van der Waals surface area contributed by atoms with Gasteiger partial charge in [0.1, 0.15) is 0 Å². The van der Waals surface area contributed by atoms with Crippen molar-refractivity contribution in [1.29, 1.82) is 0 Å². The fourth-order valence-electron chi connectivity index (χ4n) is 1.16. The van der Waals surface area contributed by atoms with Gasteiger partial charge in [-0.05, 0) is 43.7 Å². The Morgan fingerprint density at radius 3 is 2.88 bits per heavy atom. The van der Waals surface area contributed by atoms with Crippen LogP contribution < -0.4 is 0 Å². The second kappa shape index (κ2) is 6.06. The van der Waals surface area contributed by atoms with Gasteiger partial charge in [-0.3, -0.25) is 0 Å². The van der Waals surface area contributed by atoms with Crippen molar-refractivity contribution in [2.24, 2.45) is 0 Å². The molecule has 86 valence electrons. The predicted molar refractivity (Wildman–Crippen MR) is 69.4 cm³/mol. The summed E-state index contributed by atoms with van der Waals surface area (Å²) < 4.78 is 5.78. The van der Waals surface area contributed by atoms with Gasteiger partial charge in [0.2, 0.25) is 0 Å². The van der Waals surface area contributed by atoms with Crippen LogP contribution in [-0.4, -0.2) is 12.6 Å². The highest BCUT2D eigenvalue weighted by Gasteiger charge is 2.06. The van der Waals surface area contributed by atoms with E-state index in [2.05, 4.69) is 15.9 Å². The van der Waals surface area contributed by atoms with Crippen LogP contribution in [0.25, 0.3) is 6.08 Å². The lowest BCUT2D eigenvalue weighted by Crippen LogP contribution is -2.04. The Morgan fingerprint density at radius 2 is 2.25 bits per heavy atom. The Balaban J connectivity index is 2.97. The third-order valence-corrected chi connectivity index (χ3v) is 2.88. The summed E-state index contributed by atoms with van der Waals surface area (Å²) in [4.78, 5) is 11.4. The van der Waals surface area contributed by atoms with Crippen molar-refractivity contribution in [2.45, 2.75) is 13.8 Å². The Morgan fingerprint density at radius 1 is 1.56 bits per heavy atom. The number of hydrogen-bond donors (Lipinski definition) is 0. The number of ether oxygens (including phenoxy) is 1. The minimum Gasteiger partial charge on any atom is -0.463 e. The molecule has 0 aromatic heterocycles. The predicted octanol–water partition coefficient (Wildman–Crippen LogP) is 4.07.